The van der Waals surface area contributed by atoms with Gasteiger partial charge in [0.05, 0.1) is 0 Å². The van der Waals surface area contributed by atoms with Gasteiger partial charge in [-0.1, -0.05) is 164 Å². The predicted molar refractivity (Wildman–Crippen MR) is 242 cm³/mol. The van der Waals surface area contributed by atoms with Crippen LogP contribution in [-0.4, -0.2) is 19.9 Å². The van der Waals surface area contributed by atoms with Gasteiger partial charge in [-0.2, -0.15) is 0 Å². The first-order chi connectivity index (χ1) is 29.2. The molecule has 0 saturated carbocycles. The Morgan fingerprint density at radius 1 is 0.305 bits per heavy atom. The number of benzene rings is 10. The van der Waals surface area contributed by atoms with Gasteiger partial charge in [0.25, 0.3) is 0 Å². The Labute approximate surface area is 338 Å². The van der Waals surface area contributed by atoms with E-state index in [1.165, 1.54) is 5.39 Å². The van der Waals surface area contributed by atoms with E-state index in [0.717, 1.165) is 93.0 Å². The van der Waals surface area contributed by atoms with Gasteiger partial charge >= 0.3 is 0 Å². The highest BCUT2D eigenvalue weighted by atomic mass is 16.3. The van der Waals surface area contributed by atoms with Crippen LogP contribution < -0.4 is 0 Å². The summed E-state index contributed by atoms with van der Waals surface area (Å²) in [6.45, 7) is 0. The van der Waals surface area contributed by atoms with Crippen LogP contribution in [0.4, 0.5) is 0 Å². The van der Waals surface area contributed by atoms with Crippen molar-refractivity contribution < 1.29 is 4.42 Å². The lowest BCUT2D eigenvalue weighted by atomic mass is 9.93. The van der Waals surface area contributed by atoms with Crippen LogP contribution in [0, 0.1) is 0 Å². The standard InChI is InChI=1S/C54H32N4O/c1-3-13-33(14-4-1)37-18-11-19-39(31-37)51-56-52(58-53(57-51)46-32-38-17-7-8-20-40(38)41-21-9-10-22-42(41)46)45-24-12-23-44-43(45)29-27-34-25-26-35-28-30-47-50(49(35)48(34)44)59-54(55-47)36-15-5-2-6-16-36/h1-32H. The predicted octanol–water partition coefficient (Wildman–Crippen LogP) is 14.1. The van der Waals surface area contributed by atoms with Gasteiger partial charge in [-0.15, -0.1) is 0 Å². The molecule has 0 amide bonds. The fraction of sp³-hybridized carbons (Fsp3) is 0. The van der Waals surface area contributed by atoms with Gasteiger partial charge in [0.15, 0.2) is 23.1 Å². The Balaban J connectivity index is 1.13. The van der Waals surface area contributed by atoms with Gasteiger partial charge < -0.3 is 4.42 Å². The SMILES string of the molecule is c1ccc(-c2cccc(-c3nc(-c4cc5ccccc5c5ccccc45)nc(-c4cccc5c4ccc4ccc6ccc7nc(-c8ccccc8)oc7c6c45)n3)c2)cc1. The third-order valence-electron chi connectivity index (χ3n) is 11.5. The molecule has 0 aliphatic heterocycles. The summed E-state index contributed by atoms with van der Waals surface area (Å²) in [5.74, 6) is 2.44. The molecule has 2 aromatic heterocycles. The quantitative estimate of drug-likeness (QED) is 0.164. The fourth-order valence-electron chi connectivity index (χ4n) is 8.73. The molecule has 0 aliphatic carbocycles. The van der Waals surface area contributed by atoms with Crippen LogP contribution in [0.1, 0.15) is 0 Å². The average Bonchev–Trinajstić information content (AvgIpc) is 3.76. The molecule has 10 aromatic carbocycles. The maximum atomic E-state index is 6.63. The summed E-state index contributed by atoms with van der Waals surface area (Å²) in [6, 6.07) is 67.6. The number of rotatable bonds is 5. The minimum Gasteiger partial charge on any atom is -0.435 e. The van der Waals surface area contributed by atoms with Crippen molar-refractivity contribution in [2.24, 2.45) is 0 Å². The molecule has 2 heterocycles. The number of oxazole rings is 1. The van der Waals surface area contributed by atoms with Crippen molar-refractivity contribution in [2.45, 2.75) is 0 Å². The van der Waals surface area contributed by atoms with Gasteiger partial charge in [0, 0.05) is 33.0 Å². The second kappa shape index (κ2) is 13.3. The van der Waals surface area contributed by atoms with Crippen molar-refractivity contribution in [1.29, 1.82) is 0 Å². The van der Waals surface area contributed by atoms with Gasteiger partial charge in [-0.3, -0.25) is 0 Å². The van der Waals surface area contributed by atoms with E-state index in [2.05, 4.69) is 152 Å². The van der Waals surface area contributed by atoms with Crippen molar-refractivity contribution in [3.8, 4) is 56.7 Å². The van der Waals surface area contributed by atoms with E-state index in [4.69, 9.17) is 24.4 Å². The monoisotopic (exact) mass is 752 g/mol. The summed E-state index contributed by atoms with van der Waals surface area (Å²) >= 11 is 0. The number of aromatic nitrogens is 4. The Bertz CT molecular complexity index is 3610. The van der Waals surface area contributed by atoms with Crippen molar-refractivity contribution in [2.75, 3.05) is 0 Å². The first-order valence-corrected chi connectivity index (χ1v) is 19.8. The zero-order valence-corrected chi connectivity index (χ0v) is 31.7. The zero-order chi connectivity index (χ0) is 38.9. The van der Waals surface area contributed by atoms with Crippen LogP contribution in [0.2, 0.25) is 0 Å². The van der Waals surface area contributed by atoms with Crippen LogP contribution >= 0.6 is 0 Å². The Hall–Kier alpha value is -8.02. The molecule has 0 spiro atoms. The average molecular weight is 753 g/mol. The molecule has 12 aromatic rings. The largest absolute Gasteiger partial charge is 0.435 e. The molecule has 0 aliphatic rings. The Morgan fingerprint density at radius 2 is 0.881 bits per heavy atom. The van der Waals surface area contributed by atoms with Crippen LogP contribution in [0.25, 0.3) is 122 Å². The highest BCUT2D eigenvalue weighted by Gasteiger charge is 2.20. The van der Waals surface area contributed by atoms with Crippen molar-refractivity contribution >= 4 is 65.0 Å². The van der Waals surface area contributed by atoms with Crippen LogP contribution in [-0.2, 0) is 0 Å². The van der Waals surface area contributed by atoms with Crippen molar-refractivity contribution in [3.05, 3.63) is 194 Å². The summed E-state index contributed by atoms with van der Waals surface area (Å²) in [5, 5.41) is 11.0. The van der Waals surface area contributed by atoms with Crippen LogP contribution in [0.3, 0.4) is 0 Å². The van der Waals surface area contributed by atoms with E-state index in [0.29, 0.717) is 23.4 Å². The summed E-state index contributed by atoms with van der Waals surface area (Å²) < 4.78 is 6.63. The molecular weight excluding hydrogens is 721 g/mol. The lowest BCUT2D eigenvalue weighted by Crippen LogP contribution is -2.01. The molecule has 0 saturated heterocycles. The summed E-state index contributed by atoms with van der Waals surface area (Å²) in [6.07, 6.45) is 0. The smallest absolute Gasteiger partial charge is 0.227 e. The van der Waals surface area contributed by atoms with Crippen LogP contribution in [0.15, 0.2) is 199 Å². The minimum absolute atomic E-state index is 0.605. The molecule has 0 radical (unpaired) electrons. The van der Waals surface area contributed by atoms with E-state index in [1.54, 1.807) is 0 Å². The maximum absolute atomic E-state index is 6.63. The second-order valence-corrected chi connectivity index (χ2v) is 15.0. The number of fused-ring (bicyclic) bond motifs is 10. The van der Waals surface area contributed by atoms with E-state index >= 15 is 0 Å². The van der Waals surface area contributed by atoms with E-state index < -0.39 is 0 Å². The molecule has 274 valence electrons. The summed E-state index contributed by atoms with van der Waals surface area (Å²) in [7, 11) is 0. The number of nitrogens with zero attached hydrogens (tertiary/aromatic N) is 4. The second-order valence-electron chi connectivity index (χ2n) is 15.0. The van der Waals surface area contributed by atoms with Crippen LogP contribution in [0.5, 0.6) is 0 Å². The first kappa shape index (κ1) is 33.2. The Morgan fingerprint density at radius 3 is 1.71 bits per heavy atom. The summed E-state index contributed by atoms with van der Waals surface area (Å²) in [4.78, 5) is 20.9. The number of hydrogen-bond donors (Lipinski definition) is 0. The lowest BCUT2D eigenvalue weighted by molar-refractivity contribution is 0.623. The summed E-state index contributed by atoms with van der Waals surface area (Å²) in [5.41, 5.74) is 7.57. The Kier molecular flexibility index (Phi) is 7.47. The highest BCUT2D eigenvalue weighted by Crippen LogP contribution is 2.41. The lowest BCUT2D eigenvalue weighted by Gasteiger charge is -2.14. The molecule has 0 bridgehead atoms. The molecular formula is C54H32N4O. The highest BCUT2D eigenvalue weighted by molar-refractivity contribution is 6.27. The van der Waals surface area contributed by atoms with E-state index in [9.17, 15) is 0 Å². The molecule has 0 fully saturated rings. The molecule has 12 rings (SSSR count). The third kappa shape index (κ3) is 5.47. The number of hydrogen-bond acceptors (Lipinski definition) is 5. The van der Waals surface area contributed by atoms with Crippen molar-refractivity contribution in [3.63, 3.8) is 0 Å². The molecule has 5 nitrogen and oxygen atoms in total. The molecule has 0 atom stereocenters. The normalized spacial score (nSPS) is 11.7. The van der Waals surface area contributed by atoms with Gasteiger partial charge in [0.2, 0.25) is 5.89 Å². The van der Waals surface area contributed by atoms with Gasteiger partial charge in [0.1, 0.15) is 5.52 Å². The fourth-order valence-corrected chi connectivity index (χ4v) is 8.73. The molecule has 0 N–H and O–H groups in total. The zero-order valence-electron chi connectivity index (χ0n) is 31.7. The van der Waals surface area contributed by atoms with E-state index in [1.807, 2.05) is 42.5 Å². The third-order valence-corrected chi connectivity index (χ3v) is 11.5. The van der Waals surface area contributed by atoms with Crippen molar-refractivity contribution in [1.82, 2.24) is 19.9 Å². The first-order valence-electron chi connectivity index (χ1n) is 19.8. The molecule has 5 heteroatoms. The minimum atomic E-state index is 0.605. The molecule has 0 unspecified atom stereocenters. The van der Waals surface area contributed by atoms with Gasteiger partial charge in [-0.05, 0) is 84.5 Å². The van der Waals surface area contributed by atoms with E-state index in [-0.39, 0.29) is 0 Å². The van der Waals surface area contributed by atoms with Gasteiger partial charge in [-0.25, -0.2) is 19.9 Å². The molecule has 59 heavy (non-hydrogen) atoms. The maximum Gasteiger partial charge on any atom is 0.227 e. The topological polar surface area (TPSA) is 64.7 Å².